The number of hydrogen-bond acceptors (Lipinski definition) is 3. The lowest BCUT2D eigenvalue weighted by Gasteiger charge is -2.09. The summed E-state index contributed by atoms with van der Waals surface area (Å²) in [4.78, 5) is 8.56. The lowest BCUT2D eigenvalue weighted by atomic mass is 10.1. The molecule has 5 heteroatoms. The van der Waals surface area contributed by atoms with Gasteiger partial charge in [-0.2, -0.15) is 0 Å². The second kappa shape index (κ2) is 4.49. The lowest BCUT2D eigenvalue weighted by Crippen LogP contribution is -2.16. The highest BCUT2D eigenvalue weighted by Crippen LogP contribution is 2.12. The van der Waals surface area contributed by atoms with Crippen LogP contribution >= 0.6 is 0 Å². The van der Waals surface area contributed by atoms with Crippen LogP contribution < -0.4 is 5.73 Å². The second-order valence-electron chi connectivity index (χ2n) is 3.90. The fourth-order valence-electron chi connectivity index (χ4n) is 1.74. The number of nitrogens with two attached hydrogens (primary N) is 1. The average Bonchev–Trinajstić information content (AvgIpc) is 2.86. The summed E-state index contributed by atoms with van der Waals surface area (Å²) in [7, 11) is 1.94. The Labute approximate surface area is 94.9 Å². The van der Waals surface area contributed by atoms with Crippen LogP contribution in [0.15, 0.2) is 24.9 Å². The Hall–Kier alpha value is -1.62. The van der Waals surface area contributed by atoms with Crippen molar-refractivity contribution >= 4 is 0 Å². The Morgan fingerprint density at radius 3 is 2.88 bits per heavy atom. The number of nitrogens with zero attached hydrogens (tertiary/aromatic N) is 4. The fourth-order valence-corrected chi connectivity index (χ4v) is 1.74. The molecule has 0 saturated heterocycles. The number of imidazole rings is 2. The molecule has 0 aromatic carbocycles. The smallest absolute Gasteiger partial charge is 0.110 e. The normalized spacial score (nSPS) is 12.9. The highest BCUT2D eigenvalue weighted by molar-refractivity contribution is 5.07. The van der Waals surface area contributed by atoms with Crippen LogP contribution in [-0.4, -0.2) is 19.1 Å². The quantitative estimate of drug-likeness (QED) is 0.830. The Morgan fingerprint density at radius 2 is 2.25 bits per heavy atom. The van der Waals surface area contributed by atoms with Crippen LogP contribution in [0.2, 0.25) is 0 Å². The summed E-state index contributed by atoms with van der Waals surface area (Å²) in [6.07, 6.45) is 8.22. The molecule has 2 N–H and O–H groups in total. The van der Waals surface area contributed by atoms with Crippen molar-refractivity contribution in [2.75, 3.05) is 0 Å². The van der Waals surface area contributed by atoms with E-state index in [4.69, 9.17) is 5.73 Å². The molecule has 0 aliphatic carbocycles. The van der Waals surface area contributed by atoms with E-state index in [9.17, 15) is 0 Å². The molecule has 86 valence electrons. The first-order chi connectivity index (χ1) is 7.70. The minimum absolute atomic E-state index is 0.0890. The van der Waals surface area contributed by atoms with E-state index >= 15 is 0 Å². The third kappa shape index (κ3) is 2.14. The van der Waals surface area contributed by atoms with Crippen LogP contribution in [0.5, 0.6) is 0 Å². The van der Waals surface area contributed by atoms with Gasteiger partial charge in [0.15, 0.2) is 0 Å². The molecule has 16 heavy (non-hydrogen) atoms. The van der Waals surface area contributed by atoms with Crippen LogP contribution in [-0.2, 0) is 20.0 Å². The summed E-state index contributed by atoms with van der Waals surface area (Å²) in [5.74, 6) is 1.01. The molecular weight excluding hydrogens is 202 g/mol. The van der Waals surface area contributed by atoms with Crippen LogP contribution in [0.4, 0.5) is 0 Å². The zero-order valence-electron chi connectivity index (χ0n) is 9.67. The predicted octanol–water partition coefficient (Wildman–Crippen LogP) is 0.879. The second-order valence-corrected chi connectivity index (χ2v) is 3.90. The van der Waals surface area contributed by atoms with E-state index in [1.807, 2.05) is 30.2 Å². The van der Waals surface area contributed by atoms with Crippen molar-refractivity contribution in [1.29, 1.82) is 0 Å². The Morgan fingerprint density at radius 1 is 1.44 bits per heavy atom. The van der Waals surface area contributed by atoms with Crippen LogP contribution in [0.1, 0.15) is 24.5 Å². The lowest BCUT2D eigenvalue weighted by molar-refractivity contribution is 0.619. The van der Waals surface area contributed by atoms with Gasteiger partial charge in [0.2, 0.25) is 0 Å². The van der Waals surface area contributed by atoms with Crippen molar-refractivity contribution < 1.29 is 0 Å². The maximum Gasteiger partial charge on any atom is 0.110 e. The van der Waals surface area contributed by atoms with Gasteiger partial charge in [0, 0.05) is 38.6 Å². The summed E-state index contributed by atoms with van der Waals surface area (Å²) in [6, 6.07) is -0.0890. The Bertz CT molecular complexity index is 456. The molecular formula is C11H17N5. The molecule has 0 bridgehead atoms. The van der Waals surface area contributed by atoms with Gasteiger partial charge >= 0.3 is 0 Å². The molecule has 5 nitrogen and oxygen atoms in total. The molecule has 0 saturated carbocycles. The molecule has 2 aromatic rings. The maximum absolute atomic E-state index is 6.09. The van der Waals surface area contributed by atoms with Crippen molar-refractivity contribution in [3.8, 4) is 0 Å². The standard InChI is InChI=1S/C11H17N5/c1-3-16-5-4-13-11(16)6-9(12)10-7-15(2)8-14-10/h4-5,7-9H,3,6,12H2,1-2H3. The first-order valence-electron chi connectivity index (χ1n) is 5.44. The summed E-state index contributed by atoms with van der Waals surface area (Å²) in [6.45, 7) is 3.02. The number of aryl methyl sites for hydroxylation is 2. The van der Waals surface area contributed by atoms with Gasteiger partial charge in [-0.15, -0.1) is 0 Å². The molecule has 1 unspecified atom stereocenters. The third-order valence-corrected chi connectivity index (χ3v) is 2.65. The molecule has 0 amide bonds. The van der Waals surface area contributed by atoms with Crippen molar-refractivity contribution in [2.45, 2.75) is 25.9 Å². The van der Waals surface area contributed by atoms with Gasteiger partial charge in [-0.25, -0.2) is 9.97 Å². The first kappa shape index (κ1) is 10.9. The molecule has 0 aliphatic rings. The Kier molecular flexibility index (Phi) is 3.05. The number of rotatable bonds is 4. The summed E-state index contributed by atoms with van der Waals surface area (Å²) in [5, 5.41) is 0. The Balaban J connectivity index is 2.10. The SMILES string of the molecule is CCn1ccnc1CC(N)c1cn(C)cn1. The zero-order chi connectivity index (χ0) is 11.5. The van der Waals surface area contributed by atoms with Crippen LogP contribution in [0.25, 0.3) is 0 Å². The van der Waals surface area contributed by atoms with E-state index in [2.05, 4.69) is 21.5 Å². The van der Waals surface area contributed by atoms with Gasteiger partial charge in [-0.1, -0.05) is 0 Å². The molecule has 2 aromatic heterocycles. The van der Waals surface area contributed by atoms with Crippen molar-refractivity contribution in [3.63, 3.8) is 0 Å². The molecule has 0 radical (unpaired) electrons. The molecule has 1 atom stereocenters. The largest absolute Gasteiger partial charge is 0.340 e. The van der Waals surface area contributed by atoms with Gasteiger partial charge in [-0.05, 0) is 6.92 Å². The van der Waals surface area contributed by atoms with E-state index in [0.29, 0.717) is 0 Å². The molecule has 0 spiro atoms. The van der Waals surface area contributed by atoms with Gasteiger partial charge < -0.3 is 14.9 Å². The van der Waals surface area contributed by atoms with E-state index in [1.54, 1.807) is 6.33 Å². The molecule has 0 aliphatic heterocycles. The average molecular weight is 219 g/mol. The van der Waals surface area contributed by atoms with Crippen molar-refractivity contribution in [1.82, 2.24) is 19.1 Å². The van der Waals surface area contributed by atoms with Gasteiger partial charge in [-0.3, -0.25) is 0 Å². The zero-order valence-corrected chi connectivity index (χ0v) is 9.67. The minimum Gasteiger partial charge on any atom is -0.340 e. The van der Waals surface area contributed by atoms with E-state index in [1.165, 1.54) is 0 Å². The van der Waals surface area contributed by atoms with Gasteiger partial charge in [0.05, 0.1) is 18.1 Å². The first-order valence-corrected chi connectivity index (χ1v) is 5.44. The topological polar surface area (TPSA) is 61.7 Å². The highest BCUT2D eigenvalue weighted by Gasteiger charge is 2.12. The summed E-state index contributed by atoms with van der Waals surface area (Å²) >= 11 is 0. The van der Waals surface area contributed by atoms with Crippen LogP contribution in [0.3, 0.4) is 0 Å². The number of aromatic nitrogens is 4. The highest BCUT2D eigenvalue weighted by atomic mass is 15.1. The van der Waals surface area contributed by atoms with Gasteiger partial charge in [0.25, 0.3) is 0 Å². The minimum atomic E-state index is -0.0890. The van der Waals surface area contributed by atoms with E-state index in [0.717, 1.165) is 24.5 Å². The summed E-state index contributed by atoms with van der Waals surface area (Å²) < 4.78 is 4.00. The predicted molar refractivity (Wildman–Crippen MR) is 61.7 cm³/mol. The molecule has 0 fully saturated rings. The van der Waals surface area contributed by atoms with E-state index in [-0.39, 0.29) is 6.04 Å². The monoisotopic (exact) mass is 219 g/mol. The van der Waals surface area contributed by atoms with Gasteiger partial charge in [0.1, 0.15) is 5.82 Å². The van der Waals surface area contributed by atoms with Crippen LogP contribution in [0, 0.1) is 0 Å². The number of hydrogen-bond donors (Lipinski definition) is 1. The fraction of sp³-hybridized carbons (Fsp3) is 0.455. The van der Waals surface area contributed by atoms with Crippen molar-refractivity contribution in [2.24, 2.45) is 12.8 Å². The van der Waals surface area contributed by atoms with E-state index < -0.39 is 0 Å². The maximum atomic E-state index is 6.09. The molecule has 2 rings (SSSR count). The molecule has 2 heterocycles. The summed E-state index contributed by atoms with van der Waals surface area (Å²) in [5.41, 5.74) is 7.00. The third-order valence-electron chi connectivity index (χ3n) is 2.65. The van der Waals surface area contributed by atoms with Crippen molar-refractivity contribution in [3.05, 3.63) is 36.4 Å².